The van der Waals surface area contributed by atoms with E-state index in [0.717, 1.165) is 22.4 Å². The molecule has 0 aliphatic heterocycles. The average Bonchev–Trinajstić information content (AvgIpc) is 2.66. The van der Waals surface area contributed by atoms with Gasteiger partial charge in [0, 0.05) is 13.5 Å². The maximum absolute atomic E-state index is 13.5. The molecule has 1 N–H and O–H groups in total. The molecule has 3 aromatic rings. The van der Waals surface area contributed by atoms with E-state index in [1.54, 1.807) is 31.4 Å². The Morgan fingerprint density at radius 3 is 2.50 bits per heavy atom. The number of hydrogen-bond acceptors (Lipinski definition) is 2. The van der Waals surface area contributed by atoms with Gasteiger partial charge in [0.05, 0.1) is 12.7 Å². The molecule has 0 fully saturated rings. The lowest BCUT2D eigenvalue weighted by Gasteiger charge is -2.16. The van der Waals surface area contributed by atoms with Crippen molar-refractivity contribution in [3.63, 3.8) is 0 Å². The Labute approximate surface area is 161 Å². The summed E-state index contributed by atoms with van der Waals surface area (Å²) in [5.41, 5.74) is 0.796. The monoisotopic (exact) mass is 387 g/mol. The molecular formula is C22H20F3NO2. The molecule has 0 unspecified atom stereocenters. The number of alkyl halides is 3. The van der Waals surface area contributed by atoms with Crippen molar-refractivity contribution in [2.24, 2.45) is 0 Å². The predicted octanol–water partition coefficient (Wildman–Crippen LogP) is 5.21. The van der Waals surface area contributed by atoms with Gasteiger partial charge in [0.1, 0.15) is 5.75 Å². The number of carbonyl (C=O) groups is 1. The van der Waals surface area contributed by atoms with Crippen LogP contribution < -0.4 is 10.1 Å². The Bertz CT molecular complexity index is 1010. The van der Waals surface area contributed by atoms with E-state index in [2.05, 4.69) is 5.32 Å². The smallest absolute Gasteiger partial charge is 0.417 e. The Balaban J connectivity index is 2.16. The molecule has 3 nitrogen and oxygen atoms in total. The topological polar surface area (TPSA) is 38.3 Å². The first-order chi connectivity index (χ1) is 13.3. The van der Waals surface area contributed by atoms with Crippen LogP contribution in [0.4, 0.5) is 13.2 Å². The van der Waals surface area contributed by atoms with E-state index in [4.69, 9.17) is 4.74 Å². The van der Waals surface area contributed by atoms with Crippen molar-refractivity contribution in [3.8, 4) is 16.9 Å². The predicted molar refractivity (Wildman–Crippen MR) is 103 cm³/mol. The first-order valence-electron chi connectivity index (χ1n) is 8.81. The fraction of sp³-hybridized carbons (Fsp3) is 0.227. The van der Waals surface area contributed by atoms with Gasteiger partial charge in [0.15, 0.2) is 0 Å². The zero-order valence-electron chi connectivity index (χ0n) is 15.6. The minimum Gasteiger partial charge on any atom is -0.497 e. The van der Waals surface area contributed by atoms with E-state index in [0.29, 0.717) is 24.3 Å². The Kier molecular flexibility index (Phi) is 5.58. The lowest BCUT2D eigenvalue weighted by atomic mass is 9.92. The van der Waals surface area contributed by atoms with Gasteiger partial charge in [-0.15, -0.1) is 0 Å². The molecule has 28 heavy (non-hydrogen) atoms. The van der Waals surface area contributed by atoms with E-state index in [1.165, 1.54) is 19.1 Å². The van der Waals surface area contributed by atoms with Crippen LogP contribution in [0, 0.1) is 0 Å². The van der Waals surface area contributed by atoms with Gasteiger partial charge in [-0.1, -0.05) is 30.3 Å². The molecule has 0 spiro atoms. The zero-order chi connectivity index (χ0) is 20.3. The highest BCUT2D eigenvalue weighted by Gasteiger charge is 2.33. The van der Waals surface area contributed by atoms with Gasteiger partial charge in [-0.05, 0) is 58.1 Å². The summed E-state index contributed by atoms with van der Waals surface area (Å²) in [7, 11) is 1.56. The number of halogens is 3. The second-order valence-electron chi connectivity index (χ2n) is 6.50. The third-order valence-corrected chi connectivity index (χ3v) is 4.56. The summed E-state index contributed by atoms with van der Waals surface area (Å²) < 4.78 is 45.7. The minimum absolute atomic E-state index is 0.133. The van der Waals surface area contributed by atoms with Crippen LogP contribution in [-0.2, 0) is 17.4 Å². The number of fused-ring (bicyclic) bond motifs is 1. The van der Waals surface area contributed by atoms with Crippen LogP contribution in [0.25, 0.3) is 21.9 Å². The summed E-state index contributed by atoms with van der Waals surface area (Å²) in [6.45, 7) is 1.82. The molecule has 0 saturated heterocycles. The van der Waals surface area contributed by atoms with Crippen LogP contribution >= 0.6 is 0 Å². The molecule has 0 aliphatic carbocycles. The third-order valence-electron chi connectivity index (χ3n) is 4.56. The van der Waals surface area contributed by atoms with Crippen molar-refractivity contribution in [1.29, 1.82) is 0 Å². The molecular weight excluding hydrogens is 367 g/mol. The van der Waals surface area contributed by atoms with Gasteiger partial charge in [-0.3, -0.25) is 4.79 Å². The summed E-state index contributed by atoms with van der Waals surface area (Å²) in [5, 5.41) is 4.43. The summed E-state index contributed by atoms with van der Waals surface area (Å²) in [6, 6.07) is 14.5. The molecule has 146 valence electrons. The fourth-order valence-corrected chi connectivity index (χ4v) is 3.26. The van der Waals surface area contributed by atoms with Crippen molar-refractivity contribution >= 4 is 16.7 Å². The number of amides is 1. The molecule has 3 aromatic carbocycles. The summed E-state index contributed by atoms with van der Waals surface area (Å²) in [5.74, 6) is 0.511. The van der Waals surface area contributed by atoms with Crippen LogP contribution in [0.1, 0.15) is 18.1 Å². The molecule has 1 amide bonds. The number of methoxy groups -OCH3 is 1. The van der Waals surface area contributed by atoms with Crippen molar-refractivity contribution in [1.82, 2.24) is 5.32 Å². The van der Waals surface area contributed by atoms with Crippen LogP contribution in [0.2, 0.25) is 0 Å². The Morgan fingerprint density at radius 2 is 1.82 bits per heavy atom. The molecule has 0 radical (unpaired) electrons. The van der Waals surface area contributed by atoms with Crippen LogP contribution in [0.5, 0.6) is 5.75 Å². The molecule has 6 heteroatoms. The molecule has 3 rings (SSSR count). The van der Waals surface area contributed by atoms with Gasteiger partial charge in [-0.2, -0.15) is 13.2 Å². The maximum atomic E-state index is 13.5. The fourth-order valence-electron chi connectivity index (χ4n) is 3.26. The van der Waals surface area contributed by atoms with Crippen LogP contribution in [0.15, 0.2) is 54.6 Å². The Morgan fingerprint density at radius 1 is 1.07 bits per heavy atom. The highest BCUT2D eigenvalue weighted by atomic mass is 19.4. The van der Waals surface area contributed by atoms with E-state index in [-0.39, 0.29) is 11.5 Å². The normalized spacial score (nSPS) is 11.5. The third kappa shape index (κ3) is 4.27. The number of rotatable bonds is 5. The molecule has 0 bridgehead atoms. The number of benzene rings is 3. The second kappa shape index (κ2) is 7.92. The highest BCUT2D eigenvalue weighted by molar-refractivity contribution is 5.92. The van der Waals surface area contributed by atoms with Crippen molar-refractivity contribution in [2.45, 2.75) is 19.5 Å². The van der Waals surface area contributed by atoms with Crippen molar-refractivity contribution in [2.75, 3.05) is 13.7 Å². The molecule has 0 heterocycles. The first kappa shape index (κ1) is 19.7. The molecule has 0 saturated carbocycles. The van der Waals surface area contributed by atoms with Crippen molar-refractivity contribution < 1.29 is 22.7 Å². The number of nitrogens with one attached hydrogen (secondary N) is 1. The lowest BCUT2D eigenvalue weighted by Crippen LogP contribution is -2.22. The molecule has 0 aliphatic rings. The van der Waals surface area contributed by atoms with E-state index < -0.39 is 11.7 Å². The van der Waals surface area contributed by atoms with Gasteiger partial charge in [0.2, 0.25) is 5.91 Å². The van der Waals surface area contributed by atoms with E-state index in [1.807, 2.05) is 12.1 Å². The number of carbonyl (C=O) groups excluding carboxylic acids is 1. The van der Waals surface area contributed by atoms with Gasteiger partial charge in [0.25, 0.3) is 0 Å². The molecule has 0 aromatic heterocycles. The van der Waals surface area contributed by atoms with Gasteiger partial charge < -0.3 is 10.1 Å². The largest absolute Gasteiger partial charge is 0.497 e. The first-order valence-corrected chi connectivity index (χ1v) is 8.81. The van der Waals surface area contributed by atoms with E-state index in [9.17, 15) is 18.0 Å². The van der Waals surface area contributed by atoms with Crippen molar-refractivity contribution in [3.05, 3.63) is 65.7 Å². The van der Waals surface area contributed by atoms with Gasteiger partial charge in [-0.25, -0.2) is 0 Å². The van der Waals surface area contributed by atoms with Crippen LogP contribution in [-0.4, -0.2) is 19.6 Å². The second-order valence-corrected chi connectivity index (χ2v) is 6.50. The minimum atomic E-state index is -4.44. The average molecular weight is 387 g/mol. The summed E-state index contributed by atoms with van der Waals surface area (Å²) in [6.07, 6.45) is -3.95. The quantitative estimate of drug-likeness (QED) is 0.652. The zero-order valence-corrected chi connectivity index (χ0v) is 15.6. The maximum Gasteiger partial charge on any atom is 0.417 e. The van der Waals surface area contributed by atoms with Gasteiger partial charge >= 0.3 is 6.18 Å². The SMILES string of the molecule is COc1ccc2cc(-c3ccccc3C(F)(F)F)cc(CCNC(C)=O)c2c1. The standard InChI is InChI=1S/C22H20F3NO2/c1-14(27)26-10-9-16-12-17(11-15-7-8-18(28-2)13-20(15)16)19-5-3-4-6-21(19)22(23,24)25/h3-8,11-13H,9-10H2,1-2H3,(H,26,27). The summed E-state index contributed by atoms with van der Waals surface area (Å²) >= 11 is 0. The highest BCUT2D eigenvalue weighted by Crippen LogP contribution is 2.39. The van der Waals surface area contributed by atoms with Crippen LogP contribution in [0.3, 0.4) is 0 Å². The number of hydrogen-bond donors (Lipinski definition) is 1. The summed E-state index contributed by atoms with van der Waals surface area (Å²) in [4.78, 5) is 11.2. The molecule has 0 atom stereocenters. The Hall–Kier alpha value is -3.02. The number of ether oxygens (including phenoxy) is 1. The van der Waals surface area contributed by atoms with E-state index >= 15 is 0 Å². The lowest BCUT2D eigenvalue weighted by molar-refractivity contribution is -0.137.